The van der Waals surface area contributed by atoms with E-state index in [0.29, 0.717) is 23.5 Å². The molecular formula is C25H35N5. The maximum absolute atomic E-state index is 4.52. The van der Waals surface area contributed by atoms with Crippen molar-refractivity contribution in [2.45, 2.75) is 72.3 Å². The number of hydrogen-bond donors (Lipinski definition) is 0. The minimum atomic E-state index is 0.464. The summed E-state index contributed by atoms with van der Waals surface area (Å²) in [6.45, 7) is 14.5. The molecule has 0 N–H and O–H groups in total. The van der Waals surface area contributed by atoms with Crippen molar-refractivity contribution in [3.8, 4) is 0 Å². The number of piperidine rings is 1. The average Bonchev–Trinajstić information content (AvgIpc) is 3.18. The Morgan fingerprint density at radius 3 is 2.77 bits per heavy atom. The fraction of sp³-hybridized carbons (Fsp3) is 0.560. The van der Waals surface area contributed by atoms with E-state index in [9.17, 15) is 0 Å². The van der Waals surface area contributed by atoms with Crippen LogP contribution in [0.2, 0.25) is 0 Å². The average molecular weight is 406 g/mol. The predicted octanol–water partition coefficient (Wildman–Crippen LogP) is 5.27. The van der Waals surface area contributed by atoms with Gasteiger partial charge in [-0.1, -0.05) is 44.5 Å². The van der Waals surface area contributed by atoms with E-state index in [4.69, 9.17) is 0 Å². The Balaban J connectivity index is 1.59. The molecule has 1 aliphatic rings. The van der Waals surface area contributed by atoms with E-state index < -0.39 is 0 Å². The second-order valence-corrected chi connectivity index (χ2v) is 9.33. The summed E-state index contributed by atoms with van der Waals surface area (Å²) in [5, 5.41) is 4.45. The summed E-state index contributed by atoms with van der Waals surface area (Å²) in [6, 6.07) is 9.26. The summed E-state index contributed by atoms with van der Waals surface area (Å²) in [7, 11) is 0. The van der Waals surface area contributed by atoms with E-state index in [-0.39, 0.29) is 0 Å². The molecule has 0 amide bonds. The zero-order valence-electron chi connectivity index (χ0n) is 19.1. The number of nitrogens with zero attached hydrogens (tertiary/aromatic N) is 5. The molecule has 0 radical (unpaired) electrons. The van der Waals surface area contributed by atoms with Crippen molar-refractivity contribution in [1.29, 1.82) is 0 Å². The summed E-state index contributed by atoms with van der Waals surface area (Å²) in [5.74, 6) is 2.46. The van der Waals surface area contributed by atoms with Gasteiger partial charge in [0.1, 0.15) is 6.33 Å². The highest BCUT2D eigenvalue weighted by Crippen LogP contribution is 2.33. The molecule has 3 heterocycles. The summed E-state index contributed by atoms with van der Waals surface area (Å²) in [5.41, 5.74) is 6.68. The van der Waals surface area contributed by atoms with E-state index in [1.807, 2.05) is 11.4 Å². The normalized spacial score (nSPS) is 18.9. The van der Waals surface area contributed by atoms with Gasteiger partial charge in [-0.3, -0.25) is 4.90 Å². The number of aromatic nitrogens is 4. The zero-order chi connectivity index (χ0) is 21.3. The van der Waals surface area contributed by atoms with E-state index in [2.05, 4.69) is 71.9 Å². The van der Waals surface area contributed by atoms with Crippen LogP contribution in [0.5, 0.6) is 0 Å². The first-order valence-electron chi connectivity index (χ1n) is 11.4. The quantitative estimate of drug-likeness (QED) is 0.560. The second-order valence-electron chi connectivity index (χ2n) is 9.33. The molecule has 2 unspecified atom stereocenters. The molecule has 5 nitrogen and oxygen atoms in total. The molecule has 0 aliphatic carbocycles. The van der Waals surface area contributed by atoms with Crippen LogP contribution in [0, 0.1) is 19.8 Å². The minimum absolute atomic E-state index is 0.464. The lowest BCUT2D eigenvalue weighted by atomic mass is 9.82. The van der Waals surface area contributed by atoms with Gasteiger partial charge in [-0.25, -0.2) is 9.50 Å². The fourth-order valence-corrected chi connectivity index (χ4v) is 5.19. The highest BCUT2D eigenvalue weighted by atomic mass is 15.3. The molecule has 2 atom stereocenters. The zero-order valence-corrected chi connectivity index (χ0v) is 19.1. The lowest BCUT2D eigenvalue weighted by molar-refractivity contribution is 0.196. The first-order valence-corrected chi connectivity index (χ1v) is 11.4. The molecular weight excluding hydrogens is 370 g/mol. The second kappa shape index (κ2) is 8.84. The molecule has 0 saturated carbocycles. The molecule has 1 aliphatic heterocycles. The highest BCUT2D eigenvalue weighted by Gasteiger charge is 2.26. The van der Waals surface area contributed by atoms with Gasteiger partial charge in [-0.2, -0.15) is 10.1 Å². The number of benzene rings is 1. The molecule has 1 aromatic carbocycles. The van der Waals surface area contributed by atoms with Gasteiger partial charge in [0.05, 0.1) is 5.69 Å². The highest BCUT2D eigenvalue weighted by molar-refractivity contribution is 5.35. The van der Waals surface area contributed by atoms with Gasteiger partial charge < -0.3 is 0 Å². The van der Waals surface area contributed by atoms with E-state index in [1.54, 1.807) is 11.9 Å². The Hall–Kier alpha value is -2.27. The van der Waals surface area contributed by atoms with Crippen LogP contribution in [0.1, 0.15) is 79.9 Å². The van der Waals surface area contributed by atoms with Crippen molar-refractivity contribution in [1.82, 2.24) is 24.5 Å². The number of fused-ring (bicyclic) bond motifs is 1. The van der Waals surface area contributed by atoms with Crippen LogP contribution in [0.25, 0.3) is 5.78 Å². The van der Waals surface area contributed by atoms with Crippen molar-refractivity contribution in [2.24, 2.45) is 5.92 Å². The third kappa shape index (κ3) is 4.27. The Labute approximate surface area is 180 Å². The third-order valence-electron chi connectivity index (χ3n) is 6.67. The molecule has 3 aromatic rings. The van der Waals surface area contributed by atoms with E-state index >= 15 is 0 Å². The van der Waals surface area contributed by atoms with Crippen LogP contribution in [-0.2, 0) is 6.54 Å². The fourth-order valence-electron chi connectivity index (χ4n) is 5.19. The van der Waals surface area contributed by atoms with Crippen molar-refractivity contribution in [3.63, 3.8) is 0 Å². The summed E-state index contributed by atoms with van der Waals surface area (Å²) in [6.07, 6.45) is 5.21. The lowest BCUT2D eigenvalue weighted by Crippen LogP contribution is -2.35. The number of hydrogen-bond acceptors (Lipinski definition) is 4. The summed E-state index contributed by atoms with van der Waals surface area (Å²) < 4.78 is 1.93. The van der Waals surface area contributed by atoms with Crippen LogP contribution in [0.15, 0.2) is 30.6 Å². The Bertz CT molecular complexity index is 1010. The topological polar surface area (TPSA) is 46.3 Å². The van der Waals surface area contributed by atoms with E-state index in [1.165, 1.54) is 36.1 Å². The molecule has 2 aromatic heterocycles. The monoisotopic (exact) mass is 405 g/mol. The van der Waals surface area contributed by atoms with Gasteiger partial charge in [0.15, 0.2) is 0 Å². The van der Waals surface area contributed by atoms with Crippen molar-refractivity contribution < 1.29 is 0 Å². The van der Waals surface area contributed by atoms with Crippen LogP contribution in [0.3, 0.4) is 0 Å². The van der Waals surface area contributed by atoms with Gasteiger partial charge in [0.2, 0.25) is 0 Å². The first-order chi connectivity index (χ1) is 14.5. The number of aryl methyl sites for hydroxylation is 2. The summed E-state index contributed by atoms with van der Waals surface area (Å²) in [4.78, 5) is 11.5. The maximum atomic E-state index is 4.52. The Kier molecular flexibility index (Phi) is 6.19. The van der Waals surface area contributed by atoms with Crippen LogP contribution >= 0.6 is 0 Å². The van der Waals surface area contributed by atoms with Crippen LogP contribution < -0.4 is 0 Å². The van der Waals surface area contributed by atoms with Crippen molar-refractivity contribution in [2.75, 3.05) is 13.1 Å². The Morgan fingerprint density at radius 2 is 2.00 bits per heavy atom. The molecule has 4 rings (SSSR count). The molecule has 0 bridgehead atoms. The standard InChI is InChI=1S/C25H35N5/c1-6-22(17(2)3)23-12-18(4)9-10-20(23)14-29-11-7-8-21(15-29)24-13-19(5)28-25-26-16-27-30(24)25/h9-10,12-13,16-17,21-22H,6-8,11,14-15H2,1-5H3. The third-order valence-corrected chi connectivity index (χ3v) is 6.67. The lowest BCUT2D eigenvalue weighted by Gasteiger charge is -2.34. The first kappa shape index (κ1) is 21.0. The molecule has 30 heavy (non-hydrogen) atoms. The van der Waals surface area contributed by atoms with E-state index in [0.717, 1.165) is 25.3 Å². The SMILES string of the molecule is CCC(c1cc(C)ccc1CN1CCCC(c2cc(C)nc3ncnn23)C1)C(C)C. The molecule has 0 spiro atoms. The maximum Gasteiger partial charge on any atom is 0.252 e. The van der Waals surface area contributed by atoms with Crippen LogP contribution in [-0.4, -0.2) is 37.6 Å². The van der Waals surface area contributed by atoms with Gasteiger partial charge in [0.25, 0.3) is 5.78 Å². The van der Waals surface area contributed by atoms with Gasteiger partial charge in [0, 0.05) is 24.7 Å². The minimum Gasteiger partial charge on any atom is -0.298 e. The van der Waals surface area contributed by atoms with Gasteiger partial charge >= 0.3 is 0 Å². The van der Waals surface area contributed by atoms with Gasteiger partial charge in [-0.05, 0) is 68.7 Å². The largest absolute Gasteiger partial charge is 0.298 e. The molecule has 1 fully saturated rings. The molecule has 5 heteroatoms. The number of likely N-dealkylation sites (tertiary alicyclic amines) is 1. The predicted molar refractivity (Wildman–Crippen MR) is 122 cm³/mol. The van der Waals surface area contributed by atoms with Crippen LogP contribution in [0.4, 0.5) is 0 Å². The van der Waals surface area contributed by atoms with Gasteiger partial charge in [-0.15, -0.1) is 0 Å². The number of rotatable bonds is 6. The molecule has 1 saturated heterocycles. The van der Waals surface area contributed by atoms with Crippen molar-refractivity contribution in [3.05, 3.63) is 58.7 Å². The van der Waals surface area contributed by atoms with Crippen molar-refractivity contribution >= 4 is 5.78 Å². The Morgan fingerprint density at radius 1 is 1.17 bits per heavy atom. The smallest absolute Gasteiger partial charge is 0.252 e. The molecule has 160 valence electrons. The summed E-state index contributed by atoms with van der Waals surface area (Å²) >= 11 is 0.